The number of aromatic amines is 1. The van der Waals surface area contributed by atoms with Crippen LogP contribution in [0.4, 0.5) is 0 Å². The number of rotatable bonds is 3. The molecule has 102 valence electrons. The second kappa shape index (κ2) is 5.64. The monoisotopic (exact) mass is 362 g/mol. The summed E-state index contributed by atoms with van der Waals surface area (Å²) in [5.74, 6) is -0.0434. The van der Waals surface area contributed by atoms with E-state index in [1.165, 1.54) is 15.9 Å². The van der Waals surface area contributed by atoms with Crippen LogP contribution in [0.1, 0.15) is 30.2 Å². The van der Waals surface area contributed by atoms with E-state index in [2.05, 4.69) is 20.9 Å². The van der Waals surface area contributed by atoms with Crippen molar-refractivity contribution in [1.29, 1.82) is 0 Å². The van der Waals surface area contributed by atoms with Crippen molar-refractivity contribution in [2.45, 2.75) is 26.3 Å². The highest BCUT2D eigenvalue weighted by Crippen LogP contribution is 2.22. The molecule has 0 fully saturated rings. The topological polar surface area (TPSA) is 54.9 Å². The lowest BCUT2D eigenvalue weighted by Crippen LogP contribution is -2.37. The minimum Gasteiger partial charge on any atom is -0.297 e. The lowest BCUT2D eigenvalue weighted by atomic mass is 10.1. The first-order valence-corrected chi connectivity index (χ1v) is 7.65. The molecule has 0 radical (unpaired) electrons. The average molecular weight is 364 g/mol. The Morgan fingerprint density at radius 1 is 1.42 bits per heavy atom. The third kappa shape index (κ3) is 3.01. The molecule has 0 unspecified atom stereocenters. The molecule has 4 nitrogen and oxygen atoms in total. The molecule has 0 saturated carbocycles. The highest BCUT2D eigenvalue weighted by Gasteiger charge is 2.16. The predicted molar refractivity (Wildman–Crippen MR) is 81.5 cm³/mol. The predicted octanol–water partition coefficient (Wildman–Crippen LogP) is 3.19. The number of thiophene rings is 1. The molecular weight excluding hydrogens is 352 g/mol. The zero-order valence-electron chi connectivity index (χ0n) is 10.4. The molecule has 2 rings (SSSR count). The number of halogens is 2. The quantitative estimate of drug-likeness (QED) is 0.852. The van der Waals surface area contributed by atoms with Gasteiger partial charge in [0.25, 0.3) is 5.56 Å². The van der Waals surface area contributed by atoms with E-state index in [0.717, 1.165) is 8.66 Å². The van der Waals surface area contributed by atoms with Crippen molar-refractivity contribution in [2.24, 2.45) is 0 Å². The van der Waals surface area contributed by atoms with Gasteiger partial charge in [-0.05, 0) is 34.0 Å². The van der Waals surface area contributed by atoms with E-state index in [1.54, 1.807) is 0 Å². The van der Waals surface area contributed by atoms with Gasteiger partial charge in [-0.25, -0.2) is 4.79 Å². The third-order valence-electron chi connectivity index (χ3n) is 2.69. The zero-order valence-corrected chi connectivity index (χ0v) is 13.5. The molecule has 2 aromatic rings. The van der Waals surface area contributed by atoms with Crippen LogP contribution in [0.5, 0.6) is 0 Å². The zero-order chi connectivity index (χ0) is 14.2. The highest BCUT2D eigenvalue weighted by molar-refractivity contribution is 9.11. The van der Waals surface area contributed by atoms with E-state index in [0.29, 0.717) is 5.56 Å². The minimum atomic E-state index is -0.482. The molecule has 0 saturated heterocycles. The maximum Gasteiger partial charge on any atom is 0.329 e. The van der Waals surface area contributed by atoms with Crippen LogP contribution in [0.2, 0.25) is 5.15 Å². The largest absolute Gasteiger partial charge is 0.329 e. The lowest BCUT2D eigenvalue weighted by Gasteiger charge is -2.10. The number of aromatic nitrogens is 2. The first-order chi connectivity index (χ1) is 8.90. The Hall–Kier alpha value is -0.850. The van der Waals surface area contributed by atoms with E-state index in [-0.39, 0.29) is 23.2 Å². The van der Waals surface area contributed by atoms with Crippen molar-refractivity contribution in [1.82, 2.24) is 9.55 Å². The van der Waals surface area contributed by atoms with Gasteiger partial charge in [0.1, 0.15) is 5.15 Å². The van der Waals surface area contributed by atoms with Crippen LogP contribution >= 0.6 is 38.9 Å². The van der Waals surface area contributed by atoms with Crippen LogP contribution in [0.3, 0.4) is 0 Å². The summed E-state index contributed by atoms with van der Waals surface area (Å²) in [5.41, 5.74) is -0.367. The summed E-state index contributed by atoms with van der Waals surface area (Å²) in [6.45, 7) is 3.99. The van der Waals surface area contributed by atoms with Crippen molar-refractivity contribution >= 4 is 38.9 Å². The Bertz CT molecular complexity index is 717. The van der Waals surface area contributed by atoms with Crippen molar-refractivity contribution in [3.05, 3.63) is 52.4 Å². The molecule has 0 atom stereocenters. The van der Waals surface area contributed by atoms with E-state index in [4.69, 9.17) is 11.6 Å². The van der Waals surface area contributed by atoms with Gasteiger partial charge in [-0.15, -0.1) is 11.3 Å². The Kier molecular flexibility index (Phi) is 4.32. The summed E-state index contributed by atoms with van der Waals surface area (Å²) in [6.07, 6.45) is 0. The lowest BCUT2D eigenvalue weighted by molar-refractivity contribution is 0.676. The third-order valence-corrected chi connectivity index (χ3v) is 4.60. The smallest absolute Gasteiger partial charge is 0.297 e. The van der Waals surface area contributed by atoms with Crippen molar-refractivity contribution < 1.29 is 0 Å². The number of nitrogens with one attached hydrogen (secondary N) is 1. The van der Waals surface area contributed by atoms with Crippen LogP contribution in [0.25, 0.3) is 0 Å². The van der Waals surface area contributed by atoms with Gasteiger partial charge in [-0.3, -0.25) is 14.3 Å². The molecule has 0 aliphatic carbocycles. The van der Waals surface area contributed by atoms with Gasteiger partial charge in [-0.2, -0.15) is 0 Å². The van der Waals surface area contributed by atoms with Gasteiger partial charge in [-0.1, -0.05) is 25.4 Å². The van der Waals surface area contributed by atoms with Gasteiger partial charge >= 0.3 is 5.69 Å². The molecule has 0 spiro atoms. The molecule has 0 bridgehead atoms. The average Bonchev–Trinajstić information content (AvgIpc) is 2.69. The molecule has 1 N–H and O–H groups in total. The summed E-state index contributed by atoms with van der Waals surface area (Å²) in [6, 6.07) is 3.77. The van der Waals surface area contributed by atoms with E-state index in [1.807, 2.05) is 26.0 Å². The number of hydrogen-bond acceptors (Lipinski definition) is 3. The maximum atomic E-state index is 12.3. The number of hydrogen-bond donors (Lipinski definition) is 1. The molecule has 2 aromatic heterocycles. The summed E-state index contributed by atoms with van der Waals surface area (Å²) in [5, 5.41) is 0.133. The SMILES string of the molecule is CC(C)c1c(Cl)[nH]c(=O)n(Cc2ccc(Br)s2)c1=O. The molecule has 2 heterocycles. The van der Waals surface area contributed by atoms with Gasteiger partial charge in [0.2, 0.25) is 0 Å². The van der Waals surface area contributed by atoms with Crippen molar-refractivity contribution in [3.8, 4) is 0 Å². The van der Waals surface area contributed by atoms with Gasteiger partial charge in [0.15, 0.2) is 0 Å². The van der Waals surface area contributed by atoms with E-state index < -0.39 is 5.69 Å². The molecular formula is C12H12BrClN2O2S. The second-order valence-electron chi connectivity index (χ2n) is 4.41. The molecule has 0 aromatic carbocycles. The minimum absolute atomic E-state index is 0.0434. The Morgan fingerprint density at radius 2 is 2.11 bits per heavy atom. The second-order valence-corrected chi connectivity index (χ2v) is 7.34. The molecule has 0 amide bonds. The van der Waals surface area contributed by atoms with Crippen LogP contribution in [-0.2, 0) is 6.54 Å². The van der Waals surface area contributed by atoms with Crippen LogP contribution in [-0.4, -0.2) is 9.55 Å². The highest BCUT2D eigenvalue weighted by atomic mass is 79.9. The van der Waals surface area contributed by atoms with Crippen LogP contribution in [0, 0.1) is 0 Å². The van der Waals surface area contributed by atoms with E-state index >= 15 is 0 Å². The summed E-state index contributed by atoms with van der Waals surface area (Å²) in [7, 11) is 0. The summed E-state index contributed by atoms with van der Waals surface area (Å²) in [4.78, 5) is 27.6. The van der Waals surface area contributed by atoms with E-state index in [9.17, 15) is 9.59 Å². The molecule has 0 aliphatic heterocycles. The van der Waals surface area contributed by atoms with Gasteiger partial charge < -0.3 is 0 Å². The first kappa shape index (κ1) is 14.6. The Morgan fingerprint density at radius 3 is 2.63 bits per heavy atom. The number of H-pyrrole nitrogens is 1. The van der Waals surface area contributed by atoms with Crippen molar-refractivity contribution in [2.75, 3.05) is 0 Å². The maximum absolute atomic E-state index is 12.3. The fourth-order valence-electron chi connectivity index (χ4n) is 1.80. The van der Waals surface area contributed by atoms with Crippen LogP contribution < -0.4 is 11.2 Å². The first-order valence-electron chi connectivity index (χ1n) is 5.67. The summed E-state index contributed by atoms with van der Waals surface area (Å²) >= 11 is 10.8. The number of nitrogens with zero attached hydrogens (tertiary/aromatic N) is 1. The fourth-order valence-corrected chi connectivity index (χ4v) is 3.65. The fraction of sp³-hybridized carbons (Fsp3) is 0.333. The molecule has 0 aliphatic rings. The Balaban J connectivity index is 2.55. The normalized spacial score (nSPS) is 11.2. The Labute approximate surface area is 127 Å². The van der Waals surface area contributed by atoms with Gasteiger partial charge in [0.05, 0.1) is 15.9 Å². The van der Waals surface area contributed by atoms with Crippen LogP contribution in [0.15, 0.2) is 25.5 Å². The standard InChI is InChI=1S/C12H12BrClN2O2S/c1-6(2)9-10(14)15-12(18)16(11(9)17)5-7-3-4-8(13)19-7/h3-4,6H,5H2,1-2H3,(H,15,18). The van der Waals surface area contributed by atoms with Gasteiger partial charge in [0, 0.05) is 4.88 Å². The molecule has 19 heavy (non-hydrogen) atoms. The van der Waals surface area contributed by atoms with Crippen molar-refractivity contribution in [3.63, 3.8) is 0 Å². The summed E-state index contributed by atoms with van der Waals surface area (Å²) < 4.78 is 2.14. The molecule has 7 heteroatoms.